The highest BCUT2D eigenvalue weighted by Crippen LogP contribution is 2.19. The molecule has 0 aliphatic carbocycles. The first-order valence-corrected chi connectivity index (χ1v) is 10.1. The summed E-state index contributed by atoms with van der Waals surface area (Å²) in [5.74, 6) is -1.07. The third kappa shape index (κ3) is 3.76. The van der Waals surface area contributed by atoms with Crippen molar-refractivity contribution in [3.8, 4) is 5.88 Å². The van der Waals surface area contributed by atoms with Crippen molar-refractivity contribution in [1.82, 2.24) is 19.6 Å². The number of aryl methyl sites for hydroxylation is 1. The highest BCUT2D eigenvalue weighted by atomic mass is 32.1. The number of hydrogen-bond donors (Lipinski definition) is 2. The van der Waals surface area contributed by atoms with Crippen LogP contribution in [0.15, 0.2) is 10.2 Å². The third-order valence-electron chi connectivity index (χ3n) is 5.08. The van der Waals surface area contributed by atoms with Gasteiger partial charge in [-0.1, -0.05) is 13.3 Å². The van der Waals surface area contributed by atoms with Gasteiger partial charge in [-0.2, -0.15) is 4.98 Å². The van der Waals surface area contributed by atoms with Gasteiger partial charge in [-0.05, 0) is 39.2 Å². The van der Waals surface area contributed by atoms with Crippen molar-refractivity contribution in [2.24, 2.45) is 0 Å². The minimum atomic E-state index is -0.564. The fourth-order valence-electron chi connectivity index (χ4n) is 3.66. The van der Waals surface area contributed by atoms with Crippen molar-refractivity contribution >= 4 is 22.2 Å². The number of nitrogens with zero attached hydrogens (tertiary/aromatic N) is 3. The molecular weight excluding hydrogens is 352 g/mol. The SMILES string of the molecule is CC[C@@H]1CCCCN1CCCNC(=O)c1c(O)nc2scc(C)n2c1=O. The van der Waals surface area contributed by atoms with Crippen LogP contribution in [0, 0.1) is 6.92 Å². The fraction of sp³-hybridized carbons (Fsp3) is 0.611. The second-order valence-corrected chi connectivity index (χ2v) is 7.65. The quantitative estimate of drug-likeness (QED) is 0.752. The van der Waals surface area contributed by atoms with Crippen LogP contribution in [0.25, 0.3) is 4.96 Å². The molecular formula is C18H26N4O3S. The summed E-state index contributed by atoms with van der Waals surface area (Å²) in [7, 11) is 0. The lowest BCUT2D eigenvalue weighted by Gasteiger charge is -2.35. The maximum atomic E-state index is 12.5. The van der Waals surface area contributed by atoms with Crippen LogP contribution in [0.4, 0.5) is 0 Å². The highest BCUT2D eigenvalue weighted by Gasteiger charge is 2.22. The van der Waals surface area contributed by atoms with Crippen molar-refractivity contribution in [3.63, 3.8) is 0 Å². The average molecular weight is 378 g/mol. The van der Waals surface area contributed by atoms with Gasteiger partial charge in [0.05, 0.1) is 0 Å². The summed E-state index contributed by atoms with van der Waals surface area (Å²) in [6, 6.07) is 0.640. The number of piperidine rings is 1. The summed E-state index contributed by atoms with van der Waals surface area (Å²) in [6.45, 7) is 6.51. The molecule has 0 unspecified atom stereocenters. The van der Waals surface area contributed by atoms with Gasteiger partial charge in [-0.25, -0.2) is 0 Å². The van der Waals surface area contributed by atoms with E-state index in [0.29, 0.717) is 23.2 Å². The van der Waals surface area contributed by atoms with Gasteiger partial charge in [0.1, 0.15) is 0 Å². The standard InChI is InChI=1S/C18H26N4O3S/c1-3-13-7-4-5-9-21(13)10-6-8-19-15(23)14-16(24)20-18-22(17(14)25)12(2)11-26-18/h11,13,24H,3-10H2,1-2H3,(H,19,23)/t13-/m1/s1. The zero-order valence-corrected chi connectivity index (χ0v) is 16.1. The first kappa shape index (κ1) is 18.8. The lowest BCUT2D eigenvalue weighted by Crippen LogP contribution is -2.41. The highest BCUT2D eigenvalue weighted by molar-refractivity contribution is 7.15. The number of hydrogen-bond acceptors (Lipinski definition) is 6. The van der Waals surface area contributed by atoms with Crippen LogP contribution in [0.3, 0.4) is 0 Å². The smallest absolute Gasteiger partial charge is 0.275 e. The Morgan fingerprint density at radius 2 is 2.27 bits per heavy atom. The second kappa shape index (κ2) is 8.18. The summed E-state index contributed by atoms with van der Waals surface area (Å²) < 4.78 is 1.36. The molecule has 1 atom stereocenters. The zero-order valence-electron chi connectivity index (χ0n) is 15.3. The summed E-state index contributed by atoms with van der Waals surface area (Å²) in [6.07, 6.45) is 5.75. The van der Waals surface area contributed by atoms with Crippen LogP contribution >= 0.6 is 11.3 Å². The van der Waals surface area contributed by atoms with Gasteiger partial charge in [0, 0.05) is 30.2 Å². The summed E-state index contributed by atoms with van der Waals surface area (Å²) >= 11 is 1.26. The summed E-state index contributed by atoms with van der Waals surface area (Å²) in [5.41, 5.74) is -0.105. The Morgan fingerprint density at radius 3 is 3.04 bits per heavy atom. The Bertz CT molecular complexity index is 845. The van der Waals surface area contributed by atoms with Crippen molar-refractivity contribution in [2.45, 2.75) is 52.0 Å². The predicted octanol–water partition coefficient (Wildman–Crippen LogP) is 2.15. The van der Waals surface area contributed by atoms with E-state index in [9.17, 15) is 14.7 Å². The molecule has 0 bridgehead atoms. The van der Waals surface area contributed by atoms with Gasteiger partial charge in [-0.3, -0.25) is 14.0 Å². The van der Waals surface area contributed by atoms with Gasteiger partial charge in [-0.15, -0.1) is 11.3 Å². The Labute approximate surface area is 156 Å². The Kier molecular flexibility index (Phi) is 5.93. The maximum Gasteiger partial charge on any atom is 0.275 e. The van der Waals surface area contributed by atoms with E-state index in [-0.39, 0.29) is 5.56 Å². The molecule has 2 N–H and O–H groups in total. The van der Waals surface area contributed by atoms with Gasteiger partial charge in [0.15, 0.2) is 10.5 Å². The van der Waals surface area contributed by atoms with Crippen LogP contribution in [0.1, 0.15) is 55.1 Å². The van der Waals surface area contributed by atoms with Crippen molar-refractivity contribution in [3.05, 3.63) is 27.0 Å². The second-order valence-electron chi connectivity index (χ2n) is 6.81. The minimum absolute atomic E-state index is 0.284. The van der Waals surface area contributed by atoms with E-state index in [1.807, 2.05) is 0 Å². The van der Waals surface area contributed by atoms with Crippen LogP contribution in [0.2, 0.25) is 0 Å². The van der Waals surface area contributed by atoms with Crippen molar-refractivity contribution in [1.29, 1.82) is 0 Å². The van der Waals surface area contributed by atoms with Gasteiger partial charge in [0.25, 0.3) is 11.5 Å². The molecule has 7 nitrogen and oxygen atoms in total. The normalized spacial score (nSPS) is 18.3. The number of amides is 1. The molecule has 3 heterocycles. The molecule has 8 heteroatoms. The van der Waals surface area contributed by atoms with Crippen molar-refractivity contribution < 1.29 is 9.90 Å². The number of carbonyl (C=O) groups is 1. The number of nitrogens with one attached hydrogen (secondary N) is 1. The Morgan fingerprint density at radius 1 is 1.46 bits per heavy atom. The summed E-state index contributed by atoms with van der Waals surface area (Å²) in [5, 5.41) is 14.5. The van der Waals surface area contributed by atoms with Crippen LogP contribution in [0.5, 0.6) is 5.88 Å². The molecule has 1 aliphatic rings. The topological polar surface area (TPSA) is 86.9 Å². The third-order valence-corrected chi connectivity index (χ3v) is 6.02. The number of rotatable bonds is 6. The number of aromatic nitrogens is 2. The number of thiazole rings is 1. The van der Waals surface area contributed by atoms with E-state index in [2.05, 4.69) is 22.1 Å². The molecule has 1 aliphatic heterocycles. The Balaban J connectivity index is 1.61. The van der Waals surface area contributed by atoms with E-state index in [0.717, 1.165) is 25.9 Å². The number of carbonyl (C=O) groups excluding carboxylic acids is 1. The molecule has 1 saturated heterocycles. The van der Waals surface area contributed by atoms with E-state index in [1.54, 1.807) is 12.3 Å². The molecule has 3 rings (SSSR count). The maximum absolute atomic E-state index is 12.5. The van der Waals surface area contributed by atoms with E-state index in [1.165, 1.54) is 35.0 Å². The van der Waals surface area contributed by atoms with Gasteiger partial charge < -0.3 is 15.3 Å². The average Bonchev–Trinajstić information content (AvgIpc) is 2.99. The van der Waals surface area contributed by atoms with Crippen LogP contribution in [-0.2, 0) is 0 Å². The molecule has 2 aromatic heterocycles. The Hall–Kier alpha value is -1.93. The molecule has 0 aromatic carbocycles. The van der Waals surface area contributed by atoms with Gasteiger partial charge in [0.2, 0.25) is 5.88 Å². The van der Waals surface area contributed by atoms with Crippen molar-refractivity contribution in [2.75, 3.05) is 19.6 Å². The molecule has 1 amide bonds. The number of fused-ring (bicyclic) bond motifs is 1. The molecule has 0 radical (unpaired) electrons. The van der Waals surface area contributed by atoms with Crippen LogP contribution < -0.4 is 10.9 Å². The van der Waals surface area contributed by atoms with Gasteiger partial charge >= 0.3 is 0 Å². The molecule has 142 valence electrons. The lowest BCUT2D eigenvalue weighted by molar-refractivity contribution is 0.0942. The lowest BCUT2D eigenvalue weighted by atomic mass is 10.00. The predicted molar refractivity (Wildman–Crippen MR) is 102 cm³/mol. The first-order valence-electron chi connectivity index (χ1n) is 9.25. The minimum Gasteiger partial charge on any atom is -0.492 e. The number of likely N-dealkylation sites (tertiary alicyclic amines) is 1. The molecule has 0 saturated carbocycles. The van der Waals surface area contributed by atoms with Crippen LogP contribution in [-0.4, -0.2) is 51.0 Å². The fourth-order valence-corrected chi connectivity index (χ4v) is 4.51. The zero-order chi connectivity index (χ0) is 18.7. The van der Waals surface area contributed by atoms with E-state index < -0.39 is 17.3 Å². The first-order chi connectivity index (χ1) is 12.5. The largest absolute Gasteiger partial charge is 0.492 e. The summed E-state index contributed by atoms with van der Waals surface area (Å²) in [4.78, 5) is 31.8. The molecule has 2 aromatic rings. The molecule has 0 spiro atoms. The monoisotopic (exact) mass is 378 g/mol. The van der Waals surface area contributed by atoms with E-state index in [4.69, 9.17) is 0 Å². The van der Waals surface area contributed by atoms with E-state index >= 15 is 0 Å². The molecule has 26 heavy (non-hydrogen) atoms. The molecule has 1 fully saturated rings. The number of aromatic hydroxyl groups is 1.